The van der Waals surface area contributed by atoms with Gasteiger partial charge in [-0.05, 0) is 0 Å². The van der Waals surface area contributed by atoms with E-state index in [4.69, 9.17) is 15.4 Å². The molecule has 0 radical (unpaired) electrons. The Labute approximate surface area is 87.2 Å². The molecule has 1 aromatic heterocycles. The SMILES string of the molecule is NC(Cc1o[nH]c(=O)c1CBr)C(=O)O. The summed E-state index contributed by atoms with van der Waals surface area (Å²) in [6.45, 7) is 0. The molecule has 0 saturated carbocycles. The highest BCUT2D eigenvalue weighted by atomic mass is 79.9. The molecule has 78 valence electrons. The van der Waals surface area contributed by atoms with Crippen LogP contribution in [0.25, 0.3) is 0 Å². The summed E-state index contributed by atoms with van der Waals surface area (Å²) < 4.78 is 4.80. The summed E-state index contributed by atoms with van der Waals surface area (Å²) in [7, 11) is 0. The van der Waals surface area contributed by atoms with Crippen LogP contribution in [-0.4, -0.2) is 22.3 Å². The first-order valence-electron chi connectivity index (χ1n) is 3.79. The number of H-pyrrole nitrogens is 1. The van der Waals surface area contributed by atoms with E-state index in [1.54, 1.807) is 0 Å². The first-order chi connectivity index (χ1) is 6.56. The number of aromatic amines is 1. The molecule has 1 atom stereocenters. The van der Waals surface area contributed by atoms with Crippen molar-refractivity contribution in [3.8, 4) is 0 Å². The van der Waals surface area contributed by atoms with Crippen molar-refractivity contribution < 1.29 is 14.4 Å². The number of carboxylic acid groups (broad SMARTS) is 1. The molecule has 0 amide bonds. The van der Waals surface area contributed by atoms with Gasteiger partial charge in [-0.3, -0.25) is 9.59 Å². The molecular weight excluding hydrogens is 256 g/mol. The highest BCUT2D eigenvalue weighted by molar-refractivity contribution is 9.08. The van der Waals surface area contributed by atoms with Gasteiger partial charge in [-0.15, -0.1) is 0 Å². The van der Waals surface area contributed by atoms with E-state index in [9.17, 15) is 9.59 Å². The number of nitrogens with two attached hydrogens (primary N) is 1. The van der Waals surface area contributed by atoms with Crippen LogP contribution in [0.5, 0.6) is 0 Å². The van der Waals surface area contributed by atoms with Crippen molar-refractivity contribution in [2.75, 3.05) is 0 Å². The van der Waals surface area contributed by atoms with Crippen LogP contribution >= 0.6 is 15.9 Å². The van der Waals surface area contributed by atoms with Crippen LogP contribution in [0.3, 0.4) is 0 Å². The lowest BCUT2D eigenvalue weighted by Gasteiger charge is -2.02. The molecule has 0 spiro atoms. The fraction of sp³-hybridized carbons (Fsp3) is 0.429. The minimum Gasteiger partial charge on any atom is -0.480 e. The van der Waals surface area contributed by atoms with Gasteiger partial charge >= 0.3 is 5.97 Å². The number of aromatic nitrogens is 1. The zero-order valence-electron chi connectivity index (χ0n) is 7.12. The molecule has 0 aliphatic carbocycles. The minimum absolute atomic E-state index is 0.00495. The van der Waals surface area contributed by atoms with Crippen LogP contribution in [0.4, 0.5) is 0 Å². The lowest BCUT2D eigenvalue weighted by molar-refractivity contribution is -0.138. The first kappa shape index (κ1) is 11.0. The van der Waals surface area contributed by atoms with Gasteiger partial charge in [-0.25, -0.2) is 0 Å². The van der Waals surface area contributed by atoms with Gasteiger partial charge in [0.2, 0.25) is 0 Å². The van der Waals surface area contributed by atoms with Gasteiger partial charge in [-0.2, -0.15) is 5.16 Å². The molecule has 14 heavy (non-hydrogen) atoms. The van der Waals surface area contributed by atoms with Gasteiger partial charge in [0.05, 0.1) is 5.56 Å². The summed E-state index contributed by atoms with van der Waals surface area (Å²) in [5.74, 6) is -0.851. The summed E-state index contributed by atoms with van der Waals surface area (Å²) in [5, 5.41) is 11.0. The maximum atomic E-state index is 11.1. The van der Waals surface area contributed by atoms with Crippen molar-refractivity contribution in [2.24, 2.45) is 5.73 Å². The van der Waals surface area contributed by atoms with E-state index in [0.717, 1.165) is 0 Å². The predicted molar refractivity (Wildman–Crippen MR) is 51.3 cm³/mol. The van der Waals surface area contributed by atoms with Crippen LogP contribution in [-0.2, 0) is 16.5 Å². The standard InChI is InChI=1S/C7H9BrN2O4/c8-2-3-5(14-10-6(3)11)1-4(9)7(12)13/h4H,1-2,9H2,(H,10,11)(H,12,13). The molecular formula is C7H9BrN2O4. The molecule has 4 N–H and O–H groups in total. The largest absolute Gasteiger partial charge is 0.480 e. The second-order valence-corrected chi connectivity index (χ2v) is 3.28. The van der Waals surface area contributed by atoms with E-state index in [0.29, 0.717) is 10.9 Å². The molecule has 0 aliphatic rings. The number of halogens is 1. The van der Waals surface area contributed by atoms with Gasteiger partial charge in [-0.1, -0.05) is 15.9 Å². The number of nitrogens with one attached hydrogen (secondary N) is 1. The maximum absolute atomic E-state index is 11.1. The van der Waals surface area contributed by atoms with Crippen molar-refractivity contribution >= 4 is 21.9 Å². The summed E-state index contributed by atoms with van der Waals surface area (Å²) in [6.07, 6.45) is -0.00495. The van der Waals surface area contributed by atoms with Gasteiger partial charge in [0.15, 0.2) is 0 Å². The van der Waals surface area contributed by atoms with Crippen LogP contribution < -0.4 is 11.3 Å². The van der Waals surface area contributed by atoms with Gasteiger partial charge in [0, 0.05) is 11.8 Å². The third kappa shape index (κ3) is 2.24. The number of carboxylic acids is 1. The Hall–Kier alpha value is -1.08. The number of carbonyl (C=O) groups is 1. The lowest BCUT2D eigenvalue weighted by atomic mass is 10.1. The Bertz CT molecular complexity index is 383. The van der Waals surface area contributed by atoms with Gasteiger partial charge < -0.3 is 15.4 Å². The van der Waals surface area contributed by atoms with Crippen molar-refractivity contribution in [1.82, 2.24) is 5.16 Å². The van der Waals surface area contributed by atoms with Crippen molar-refractivity contribution in [3.63, 3.8) is 0 Å². The quantitative estimate of drug-likeness (QED) is 0.654. The third-order valence-electron chi connectivity index (χ3n) is 1.73. The summed E-state index contributed by atoms with van der Waals surface area (Å²) in [5.41, 5.74) is 5.30. The minimum atomic E-state index is -1.13. The Morgan fingerprint density at radius 1 is 1.71 bits per heavy atom. The number of alkyl halides is 1. The Kier molecular flexibility index (Phi) is 3.48. The number of hydrogen-bond acceptors (Lipinski definition) is 4. The normalized spacial score (nSPS) is 12.7. The molecule has 0 bridgehead atoms. The Balaban J connectivity index is 2.86. The summed E-state index contributed by atoms with van der Waals surface area (Å²) in [6, 6.07) is -1.06. The number of rotatable bonds is 4. The smallest absolute Gasteiger partial charge is 0.320 e. The Morgan fingerprint density at radius 3 is 2.86 bits per heavy atom. The second kappa shape index (κ2) is 4.43. The average Bonchev–Trinajstić information content (AvgIpc) is 2.46. The number of hydrogen-bond donors (Lipinski definition) is 3. The first-order valence-corrected chi connectivity index (χ1v) is 4.92. The van der Waals surface area contributed by atoms with Crippen LogP contribution in [0.2, 0.25) is 0 Å². The highest BCUT2D eigenvalue weighted by Crippen LogP contribution is 2.09. The van der Waals surface area contributed by atoms with Crippen LogP contribution in [0.1, 0.15) is 11.3 Å². The molecule has 7 heteroatoms. The monoisotopic (exact) mass is 264 g/mol. The molecule has 1 unspecified atom stereocenters. The summed E-state index contributed by atoms with van der Waals surface area (Å²) >= 11 is 3.10. The zero-order chi connectivity index (χ0) is 10.7. The van der Waals surface area contributed by atoms with E-state index in [1.165, 1.54) is 0 Å². The molecule has 1 rings (SSSR count). The molecule has 6 nitrogen and oxygen atoms in total. The van der Waals surface area contributed by atoms with Crippen LogP contribution in [0.15, 0.2) is 9.32 Å². The van der Waals surface area contributed by atoms with Crippen LogP contribution in [0, 0.1) is 0 Å². The van der Waals surface area contributed by atoms with E-state index < -0.39 is 12.0 Å². The van der Waals surface area contributed by atoms with Gasteiger partial charge in [0.25, 0.3) is 5.56 Å². The van der Waals surface area contributed by atoms with E-state index >= 15 is 0 Å². The highest BCUT2D eigenvalue weighted by Gasteiger charge is 2.19. The second-order valence-electron chi connectivity index (χ2n) is 2.72. The lowest BCUT2D eigenvalue weighted by Crippen LogP contribution is -2.32. The van der Waals surface area contributed by atoms with E-state index in [2.05, 4.69) is 21.1 Å². The van der Waals surface area contributed by atoms with Gasteiger partial charge in [0.1, 0.15) is 11.8 Å². The predicted octanol–water partition coefficient (Wildman–Crippen LogP) is -0.183. The van der Waals surface area contributed by atoms with Crippen molar-refractivity contribution in [1.29, 1.82) is 0 Å². The van der Waals surface area contributed by atoms with Crippen molar-refractivity contribution in [2.45, 2.75) is 17.8 Å². The molecule has 0 fully saturated rings. The molecule has 0 saturated heterocycles. The fourth-order valence-electron chi connectivity index (χ4n) is 0.945. The molecule has 1 heterocycles. The maximum Gasteiger partial charge on any atom is 0.320 e. The average molecular weight is 265 g/mol. The number of aliphatic carboxylic acids is 1. The van der Waals surface area contributed by atoms with E-state index in [1.807, 2.05) is 0 Å². The summed E-state index contributed by atoms with van der Waals surface area (Å²) in [4.78, 5) is 21.5. The molecule has 0 aromatic carbocycles. The third-order valence-corrected chi connectivity index (χ3v) is 2.29. The topological polar surface area (TPSA) is 109 Å². The molecule has 1 aromatic rings. The molecule has 0 aliphatic heterocycles. The van der Waals surface area contributed by atoms with Crippen molar-refractivity contribution in [3.05, 3.63) is 21.7 Å². The fourth-order valence-corrected chi connectivity index (χ4v) is 1.51. The zero-order valence-corrected chi connectivity index (χ0v) is 8.70. The van der Waals surface area contributed by atoms with E-state index in [-0.39, 0.29) is 17.7 Å². The Morgan fingerprint density at radius 2 is 2.36 bits per heavy atom.